The lowest BCUT2D eigenvalue weighted by Gasteiger charge is -2.45. The van der Waals surface area contributed by atoms with Gasteiger partial charge in [0, 0.05) is 52.9 Å². The highest BCUT2D eigenvalue weighted by molar-refractivity contribution is 5.88. The number of fused-ring (bicyclic) bond motifs is 1. The Labute approximate surface area is 195 Å². The van der Waals surface area contributed by atoms with Crippen LogP contribution in [0.25, 0.3) is 0 Å². The van der Waals surface area contributed by atoms with Crippen LogP contribution in [0.2, 0.25) is 0 Å². The van der Waals surface area contributed by atoms with Gasteiger partial charge in [0.2, 0.25) is 0 Å². The van der Waals surface area contributed by atoms with E-state index in [1.165, 1.54) is 6.21 Å². The lowest BCUT2D eigenvalue weighted by atomic mass is 9.61. The summed E-state index contributed by atoms with van der Waals surface area (Å²) in [4.78, 5) is 7.16. The summed E-state index contributed by atoms with van der Waals surface area (Å²) in [6.45, 7) is 6.68. The Morgan fingerprint density at radius 2 is 2.03 bits per heavy atom. The van der Waals surface area contributed by atoms with E-state index < -0.39 is 5.60 Å². The van der Waals surface area contributed by atoms with Crippen molar-refractivity contribution in [3.63, 3.8) is 0 Å². The molecule has 1 aromatic heterocycles. The van der Waals surface area contributed by atoms with Crippen molar-refractivity contribution in [3.05, 3.63) is 47.2 Å². The molecule has 0 amide bonds. The number of nitriles is 1. The van der Waals surface area contributed by atoms with Gasteiger partial charge in [-0.1, -0.05) is 12.1 Å². The Bertz CT molecular complexity index is 1210. The molecule has 5 fully saturated rings. The SMILES string of the molecule is Cc1cc(Nc2cc(C3(C#N)CC34CC4)ccc2C=N)cc(N2CC3(C(C)(C)O)CC2C3)n1. The van der Waals surface area contributed by atoms with Crippen LogP contribution in [0.1, 0.15) is 62.8 Å². The molecule has 6 nitrogen and oxygen atoms in total. The quantitative estimate of drug-likeness (QED) is 0.559. The van der Waals surface area contributed by atoms with E-state index in [-0.39, 0.29) is 16.2 Å². The summed E-state index contributed by atoms with van der Waals surface area (Å²) >= 11 is 0. The molecule has 2 saturated heterocycles. The largest absolute Gasteiger partial charge is 0.390 e. The van der Waals surface area contributed by atoms with Crippen LogP contribution in [0.3, 0.4) is 0 Å². The minimum atomic E-state index is -0.694. The minimum Gasteiger partial charge on any atom is -0.390 e. The van der Waals surface area contributed by atoms with Gasteiger partial charge in [-0.25, -0.2) is 4.98 Å². The number of hydrogen-bond acceptors (Lipinski definition) is 6. The van der Waals surface area contributed by atoms with Crippen molar-refractivity contribution < 1.29 is 5.11 Å². The Balaban J connectivity index is 1.31. The molecule has 170 valence electrons. The number of aryl methyl sites for hydroxylation is 1. The first-order valence-electron chi connectivity index (χ1n) is 12.0. The van der Waals surface area contributed by atoms with Crippen LogP contribution in [-0.4, -0.2) is 34.5 Å². The molecule has 1 atom stereocenters. The Morgan fingerprint density at radius 3 is 2.61 bits per heavy atom. The van der Waals surface area contributed by atoms with Crippen molar-refractivity contribution in [2.75, 3.05) is 16.8 Å². The number of nitrogens with zero attached hydrogens (tertiary/aromatic N) is 3. The first-order chi connectivity index (χ1) is 15.6. The summed E-state index contributed by atoms with van der Waals surface area (Å²) < 4.78 is 0. The van der Waals surface area contributed by atoms with Gasteiger partial charge in [-0.05, 0) is 76.0 Å². The zero-order valence-corrected chi connectivity index (χ0v) is 19.6. The molecule has 6 heteroatoms. The molecule has 3 heterocycles. The molecule has 7 rings (SSSR count). The summed E-state index contributed by atoms with van der Waals surface area (Å²) in [5.41, 5.74) is 3.69. The number of anilines is 3. The monoisotopic (exact) mass is 441 g/mol. The van der Waals surface area contributed by atoms with Crippen molar-refractivity contribution in [1.82, 2.24) is 4.98 Å². The standard InChI is InChI=1S/C27H31N5O/c1-17-8-20(10-23(30-17)32-16-26(24(2,3)33)11-21(32)12-26)31-22-9-19(5-4-18(22)13-28)27(15-29)14-25(27)6-7-25/h4-5,8-10,13,21,28,33H,6-7,11-12,14,16H2,1-3H3,(H,30,31). The Hall–Kier alpha value is -2.91. The van der Waals surface area contributed by atoms with Crippen LogP contribution in [0.15, 0.2) is 30.3 Å². The number of pyridine rings is 1. The molecule has 2 aliphatic heterocycles. The molecule has 0 radical (unpaired) electrons. The van der Waals surface area contributed by atoms with Crippen LogP contribution in [0.5, 0.6) is 0 Å². The van der Waals surface area contributed by atoms with Crippen LogP contribution in [0, 0.1) is 34.5 Å². The van der Waals surface area contributed by atoms with E-state index in [1.807, 2.05) is 39.0 Å². The van der Waals surface area contributed by atoms with Crippen molar-refractivity contribution in [2.24, 2.45) is 10.8 Å². The molecule has 3 saturated carbocycles. The van der Waals surface area contributed by atoms with Gasteiger partial charge in [-0.15, -0.1) is 0 Å². The van der Waals surface area contributed by atoms with E-state index >= 15 is 0 Å². The molecule has 1 spiro atoms. The topological polar surface area (TPSA) is 96.0 Å². The van der Waals surface area contributed by atoms with Gasteiger partial charge in [0.25, 0.3) is 0 Å². The van der Waals surface area contributed by atoms with E-state index in [1.54, 1.807) is 0 Å². The van der Waals surface area contributed by atoms with Gasteiger partial charge < -0.3 is 20.7 Å². The van der Waals surface area contributed by atoms with Gasteiger partial charge in [0.1, 0.15) is 5.82 Å². The van der Waals surface area contributed by atoms with Gasteiger partial charge in [-0.3, -0.25) is 0 Å². The number of nitrogens with one attached hydrogen (secondary N) is 2. The fraction of sp³-hybridized carbons (Fsp3) is 0.519. The highest BCUT2D eigenvalue weighted by atomic mass is 16.3. The predicted octanol–water partition coefficient (Wildman–Crippen LogP) is 4.82. The lowest BCUT2D eigenvalue weighted by molar-refractivity contribution is -0.0754. The molecule has 5 aliphatic rings. The fourth-order valence-electron chi connectivity index (χ4n) is 6.54. The van der Waals surface area contributed by atoms with Crippen molar-refractivity contribution in [3.8, 4) is 6.07 Å². The summed E-state index contributed by atoms with van der Waals surface area (Å²) in [6, 6.07) is 13.2. The summed E-state index contributed by atoms with van der Waals surface area (Å²) in [7, 11) is 0. The third-order valence-corrected chi connectivity index (χ3v) is 9.11. The molecular formula is C27H31N5O. The van der Waals surface area contributed by atoms with Crippen LogP contribution in [-0.2, 0) is 5.41 Å². The van der Waals surface area contributed by atoms with Crippen LogP contribution < -0.4 is 10.2 Å². The zero-order chi connectivity index (χ0) is 23.2. The molecule has 33 heavy (non-hydrogen) atoms. The van der Waals surface area contributed by atoms with Gasteiger partial charge in [-0.2, -0.15) is 5.26 Å². The summed E-state index contributed by atoms with van der Waals surface area (Å²) in [5, 5.41) is 32.1. The van der Waals surface area contributed by atoms with E-state index in [0.717, 1.165) is 72.7 Å². The van der Waals surface area contributed by atoms with Crippen LogP contribution in [0.4, 0.5) is 17.2 Å². The first-order valence-corrected chi connectivity index (χ1v) is 12.0. The zero-order valence-electron chi connectivity index (χ0n) is 19.6. The number of aliphatic hydroxyl groups is 1. The molecular weight excluding hydrogens is 410 g/mol. The summed E-state index contributed by atoms with van der Waals surface area (Å²) in [5.74, 6) is 0.936. The lowest BCUT2D eigenvalue weighted by Crippen LogP contribution is -2.50. The first kappa shape index (κ1) is 20.7. The number of benzene rings is 1. The molecule has 1 unspecified atom stereocenters. The van der Waals surface area contributed by atoms with Gasteiger partial charge >= 0.3 is 0 Å². The summed E-state index contributed by atoms with van der Waals surface area (Å²) in [6.07, 6.45) is 6.62. The van der Waals surface area contributed by atoms with E-state index in [4.69, 9.17) is 10.4 Å². The molecule has 2 aromatic rings. The maximum absolute atomic E-state index is 10.7. The van der Waals surface area contributed by atoms with Crippen molar-refractivity contribution in [2.45, 2.75) is 69.9 Å². The van der Waals surface area contributed by atoms with Crippen LogP contribution >= 0.6 is 0 Å². The number of aromatic nitrogens is 1. The molecule has 3 aliphatic carbocycles. The highest BCUT2D eigenvalue weighted by Gasteiger charge is 2.75. The second-order valence-electron chi connectivity index (χ2n) is 11.4. The second kappa shape index (κ2) is 6.36. The Morgan fingerprint density at radius 1 is 1.27 bits per heavy atom. The molecule has 1 aromatic carbocycles. The second-order valence-corrected chi connectivity index (χ2v) is 11.4. The third-order valence-electron chi connectivity index (χ3n) is 9.11. The normalized spacial score (nSPS) is 30.5. The van der Waals surface area contributed by atoms with E-state index in [0.29, 0.717) is 6.04 Å². The maximum Gasteiger partial charge on any atom is 0.131 e. The predicted molar refractivity (Wildman–Crippen MR) is 129 cm³/mol. The fourth-order valence-corrected chi connectivity index (χ4v) is 6.54. The van der Waals surface area contributed by atoms with Gasteiger partial charge in [0.15, 0.2) is 0 Å². The highest BCUT2D eigenvalue weighted by Crippen LogP contribution is 2.78. The average Bonchev–Trinajstić information content (AvgIpc) is 3.55. The minimum absolute atomic E-state index is 0.0486. The van der Waals surface area contributed by atoms with Crippen molar-refractivity contribution in [1.29, 1.82) is 10.7 Å². The van der Waals surface area contributed by atoms with Crippen molar-refractivity contribution >= 4 is 23.4 Å². The molecule has 2 bridgehead atoms. The van der Waals surface area contributed by atoms with E-state index in [9.17, 15) is 10.4 Å². The van der Waals surface area contributed by atoms with Gasteiger partial charge in [0.05, 0.1) is 17.1 Å². The maximum atomic E-state index is 10.7. The average molecular weight is 442 g/mol. The smallest absolute Gasteiger partial charge is 0.131 e. The Kier molecular flexibility index (Phi) is 3.98. The number of rotatable bonds is 6. The van der Waals surface area contributed by atoms with E-state index in [2.05, 4.69) is 28.4 Å². The number of hydrogen-bond donors (Lipinski definition) is 3. The molecule has 3 N–H and O–H groups in total. The third kappa shape index (κ3) is 2.81.